The van der Waals surface area contributed by atoms with Crippen molar-refractivity contribution in [3.8, 4) is 0 Å². The van der Waals surface area contributed by atoms with Gasteiger partial charge in [-0.2, -0.15) is 0 Å². The molecule has 0 bridgehead atoms. The van der Waals surface area contributed by atoms with E-state index in [1.807, 2.05) is 0 Å². The van der Waals surface area contributed by atoms with Crippen molar-refractivity contribution in [1.82, 2.24) is 5.32 Å². The van der Waals surface area contributed by atoms with Crippen LogP contribution >= 0.6 is 0 Å². The van der Waals surface area contributed by atoms with Gasteiger partial charge in [-0.1, -0.05) is 275 Å². The SMILES string of the molecule is CCCCCCC/C=C\C/C=C\C/C=C\CCCCCCCCCCCCC(=O)NC(COC1OC(CO)C(O)C(O)C1O)C(O)CCCCCCCCCCCCCCCCCCCCCCCCC. The Kier molecular flexibility index (Phi) is 49.3. The van der Waals surface area contributed by atoms with Crippen molar-refractivity contribution in [2.24, 2.45) is 0 Å². The zero-order chi connectivity index (χ0) is 51.5. The van der Waals surface area contributed by atoms with Crippen molar-refractivity contribution >= 4 is 5.91 Å². The fraction of sp³-hybridized carbons (Fsp3) is 0.887. The molecule has 0 radical (unpaired) electrons. The largest absolute Gasteiger partial charge is 0.394 e. The van der Waals surface area contributed by atoms with Crippen LogP contribution in [-0.4, -0.2) is 87.5 Å². The van der Waals surface area contributed by atoms with E-state index in [9.17, 15) is 30.3 Å². The molecular formula is C62H117NO8. The van der Waals surface area contributed by atoms with Gasteiger partial charge in [0.25, 0.3) is 0 Å². The minimum Gasteiger partial charge on any atom is -0.394 e. The Morgan fingerprint density at radius 1 is 0.479 bits per heavy atom. The van der Waals surface area contributed by atoms with Crippen molar-refractivity contribution in [1.29, 1.82) is 0 Å². The number of hydrogen-bond donors (Lipinski definition) is 6. The van der Waals surface area contributed by atoms with Gasteiger partial charge in [0.15, 0.2) is 6.29 Å². The third-order valence-electron chi connectivity index (χ3n) is 14.7. The highest BCUT2D eigenvalue weighted by molar-refractivity contribution is 5.76. The molecule has 0 aromatic carbocycles. The lowest BCUT2D eigenvalue weighted by Crippen LogP contribution is -2.60. The van der Waals surface area contributed by atoms with Crippen LogP contribution in [0.1, 0.15) is 296 Å². The average Bonchev–Trinajstić information content (AvgIpc) is 3.37. The minimum atomic E-state index is -1.55. The first kappa shape index (κ1) is 67.4. The summed E-state index contributed by atoms with van der Waals surface area (Å²) < 4.78 is 11.3. The second kappa shape index (κ2) is 51.9. The van der Waals surface area contributed by atoms with Crippen LogP contribution in [0, 0.1) is 0 Å². The molecule has 0 aromatic heterocycles. The maximum absolute atomic E-state index is 13.1. The first-order chi connectivity index (χ1) is 34.8. The number of nitrogens with one attached hydrogen (secondary N) is 1. The number of allylic oxidation sites excluding steroid dienone is 6. The summed E-state index contributed by atoms with van der Waals surface area (Å²) in [5.41, 5.74) is 0. The topological polar surface area (TPSA) is 149 Å². The highest BCUT2D eigenvalue weighted by Crippen LogP contribution is 2.23. The third kappa shape index (κ3) is 41.4. The lowest BCUT2D eigenvalue weighted by molar-refractivity contribution is -0.302. The summed E-state index contributed by atoms with van der Waals surface area (Å²) in [4.78, 5) is 13.1. The van der Waals surface area contributed by atoms with E-state index in [0.29, 0.717) is 12.8 Å². The molecule has 0 spiro atoms. The first-order valence-corrected chi connectivity index (χ1v) is 30.7. The number of rotatable bonds is 53. The van der Waals surface area contributed by atoms with Gasteiger partial charge < -0.3 is 40.3 Å². The van der Waals surface area contributed by atoms with Crippen LogP contribution in [0.25, 0.3) is 0 Å². The molecule has 1 rings (SSSR count). The van der Waals surface area contributed by atoms with E-state index in [4.69, 9.17) is 9.47 Å². The second-order valence-electron chi connectivity index (χ2n) is 21.5. The lowest BCUT2D eigenvalue weighted by atomic mass is 9.99. The number of hydrogen-bond acceptors (Lipinski definition) is 8. The number of aliphatic hydroxyl groups excluding tert-OH is 5. The zero-order valence-electron chi connectivity index (χ0n) is 46.5. The second-order valence-corrected chi connectivity index (χ2v) is 21.5. The van der Waals surface area contributed by atoms with E-state index in [0.717, 1.165) is 51.4 Å². The summed E-state index contributed by atoms with van der Waals surface area (Å²) in [5, 5.41) is 54.8. The van der Waals surface area contributed by atoms with Gasteiger partial charge in [0.1, 0.15) is 24.4 Å². The molecule has 1 aliphatic rings. The number of amides is 1. The number of unbranched alkanes of at least 4 members (excludes halogenated alkanes) is 37. The van der Waals surface area contributed by atoms with Crippen LogP contribution in [0.4, 0.5) is 0 Å². The third-order valence-corrected chi connectivity index (χ3v) is 14.7. The maximum Gasteiger partial charge on any atom is 0.220 e. The molecule has 418 valence electrons. The van der Waals surface area contributed by atoms with Gasteiger partial charge in [-0.05, 0) is 51.4 Å². The fourth-order valence-electron chi connectivity index (χ4n) is 9.88. The summed E-state index contributed by atoms with van der Waals surface area (Å²) in [7, 11) is 0. The minimum absolute atomic E-state index is 0.138. The van der Waals surface area contributed by atoms with Crippen LogP contribution in [0.2, 0.25) is 0 Å². The molecule has 0 saturated carbocycles. The molecule has 1 saturated heterocycles. The summed E-state index contributed by atoms with van der Waals surface area (Å²) in [6, 6.07) is -0.722. The standard InChI is InChI=1S/C62H117NO8/c1-3-5-7-9-11-13-15-17-19-21-23-25-27-28-30-32-34-36-38-40-42-44-46-48-50-52-58(66)63-55(54-70-62-61(69)60(68)59(67)57(53-64)71-62)56(65)51-49-47-45-43-41-39-37-35-33-31-29-26-24-22-20-18-16-14-12-10-8-6-4-2/h15,17,21,23,27-28,55-57,59-62,64-65,67-69H,3-14,16,18-20,22,24-26,29-54H2,1-2H3,(H,63,66)/b17-15-,23-21-,28-27-. The van der Waals surface area contributed by atoms with Crippen LogP contribution in [0.15, 0.2) is 36.5 Å². The number of aliphatic hydroxyl groups is 5. The monoisotopic (exact) mass is 1000 g/mol. The van der Waals surface area contributed by atoms with Gasteiger partial charge in [-0.15, -0.1) is 0 Å². The Morgan fingerprint density at radius 3 is 1.23 bits per heavy atom. The Bertz CT molecular complexity index is 1210. The molecule has 9 nitrogen and oxygen atoms in total. The summed E-state index contributed by atoms with van der Waals surface area (Å²) in [6.45, 7) is 3.86. The molecule has 7 atom stereocenters. The number of carbonyl (C=O) groups excluding carboxylic acids is 1. The highest BCUT2D eigenvalue weighted by Gasteiger charge is 2.44. The molecule has 71 heavy (non-hydrogen) atoms. The Hall–Kier alpha value is -1.59. The molecule has 7 unspecified atom stereocenters. The summed E-state index contributed by atoms with van der Waals surface area (Å²) >= 11 is 0. The molecule has 1 heterocycles. The lowest BCUT2D eigenvalue weighted by Gasteiger charge is -2.40. The maximum atomic E-state index is 13.1. The van der Waals surface area contributed by atoms with Crippen molar-refractivity contribution < 1.29 is 39.8 Å². The van der Waals surface area contributed by atoms with Crippen molar-refractivity contribution in [3.63, 3.8) is 0 Å². The summed E-state index contributed by atoms with van der Waals surface area (Å²) in [5.74, 6) is -0.145. The van der Waals surface area contributed by atoms with Gasteiger partial charge in [0, 0.05) is 6.42 Å². The fourth-order valence-corrected chi connectivity index (χ4v) is 9.88. The normalized spacial score (nSPS) is 19.5. The molecule has 1 aliphatic heterocycles. The van der Waals surface area contributed by atoms with Crippen LogP contribution in [0.3, 0.4) is 0 Å². The van der Waals surface area contributed by atoms with Gasteiger partial charge >= 0.3 is 0 Å². The van der Waals surface area contributed by atoms with Crippen molar-refractivity contribution in [3.05, 3.63) is 36.5 Å². The predicted molar refractivity (Wildman–Crippen MR) is 300 cm³/mol. The van der Waals surface area contributed by atoms with E-state index in [2.05, 4.69) is 55.6 Å². The molecular weight excluding hydrogens is 887 g/mol. The van der Waals surface area contributed by atoms with Gasteiger partial charge in [0.05, 0.1) is 25.4 Å². The quantitative estimate of drug-likeness (QED) is 0.0261. The smallest absolute Gasteiger partial charge is 0.220 e. The molecule has 0 aromatic rings. The molecule has 9 heteroatoms. The Balaban J connectivity index is 2.19. The molecule has 1 fully saturated rings. The van der Waals surface area contributed by atoms with E-state index in [1.54, 1.807) is 0 Å². The van der Waals surface area contributed by atoms with Crippen molar-refractivity contribution in [2.45, 2.75) is 339 Å². The Labute approximate surface area is 438 Å². The predicted octanol–water partition coefficient (Wildman–Crippen LogP) is 15.5. The molecule has 6 N–H and O–H groups in total. The molecule has 1 amide bonds. The van der Waals surface area contributed by atoms with Crippen LogP contribution in [0.5, 0.6) is 0 Å². The van der Waals surface area contributed by atoms with E-state index in [1.165, 1.54) is 218 Å². The van der Waals surface area contributed by atoms with Gasteiger partial charge in [0.2, 0.25) is 5.91 Å². The van der Waals surface area contributed by atoms with E-state index in [-0.39, 0.29) is 12.5 Å². The number of ether oxygens (including phenoxy) is 2. The highest BCUT2D eigenvalue weighted by atomic mass is 16.7. The summed E-state index contributed by atoms with van der Waals surface area (Å²) in [6.07, 6.45) is 60.3. The van der Waals surface area contributed by atoms with Crippen molar-refractivity contribution in [2.75, 3.05) is 13.2 Å². The first-order valence-electron chi connectivity index (χ1n) is 30.7. The average molecular weight is 1000 g/mol. The van der Waals surface area contributed by atoms with E-state index >= 15 is 0 Å². The Morgan fingerprint density at radius 2 is 0.831 bits per heavy atom. The van der Waals surface area contributed by atoms with Crippen LogP contribution < -0.4 is 5.32 Å². The van der Waals surface area contributed by atoms with Gasteiger partial charge in [-0.25, -0.2) is 0 Å². The zero-order valence-corrected chi connectivity index (χ0v) is 46.5. The van der Waals surface area contributed by atoms with Gasteiger partial charge in [-0.3, -0.25) is 4.79 Å². The number of carbonyl (C=O) groups is 1. The van der Waals surface area contributed by atoms with Crippen LogP contribution in [-0.2, 0) is 14.3 Å². The molecule has 0 aliphatic carbocycles. The van der Waals surface area contributed by atoms with E-state index < -0.39 is 49.5 Å².